The first-order chi connectivity index (χ1) is 11.5. The average molecular weight is 383 g/mol. The van der Waals surface area contributed by atoms with E-state index in [4.69, 9.17) is 0 Å². The van der Waals surface area contributed by atoms with Gasteiger partial charge in [-0.2, -0.15) is 0 Å². The van der Waals surface area contributed by atoms with Gasteiger partial charge in [0.25, 0.3) is 5.91 Å². The lowest BCUT2D eigenvalue weighted by molar-refractivity contribution is 0.103. The van der Waals surface area contributed by atoms with Crippen LogP contribution in [0.4, 0.5) is 9.52 Å². The number of carbonyl (C=O) groups is 1. The molecule has 10 heteroatoms. The predicted octanol–water partition coefficient (Wildman–Crippen LogP) is 2.96. The molecular weight excluding hydrogens is 373 g/mol. The minimum Gasteiger partial charge on any atom is -0.296 e. The first kappa shape index (κ1) is 16.7. The summed E-state index contributed by atoms with van der Waals surface area (Å²) in [5.41, 5.74) is 0.0527. The Hall–Kier alpha value is -2.17. The van der Waals surface area contributed by atoms with Crippen LogP contribution in [0.1, 0.15) is 15.2 Å². The van der Waals surface area contributed by atoms with Crippen LogP contribution in [0.2, 0.25) is 0 Å². The van der Waals surface area contributed by atoms with Crippen molar-refractivity contribution in [2.45, 2.75) is 10.1 Å². The Morgan fingerprint density at radius 1 is 1.17 bits per heavy atom. The van der Waals surface area contributed by atoms with Crippen molar-refractivity contribution in [1.29, 1.82) is 0 Å². The molecule has 0 aliphatic carbocycles. The maximum atomic E-state index is 13.6. The van der Waals surface area contributed by atoms with Gasteiger partial charge >= 0.3 is 0 Å². The molecule has 1 amide bonds. The van der Waals surface area contributed by atoms with Crippen LogP contribution in [0.5, 0.6) is 0 Å². The van der Waals surface area contributed by atoms with Crippen molar-refractivity contribution < 1.29 is 17.6 Å². The van der Waals surface area contributed by atoms with Crippen LogP contribution in [0.15, 0.2) is 46.1 Å². The average Bonchev–Trinajstić information content (AvgIpc) is 3.20. The van der Waals surface area contributed by atoms with E-state index in [9.17, 15) is 17.6 Å². The van der Waals surface area contributed by atoms with Gasteiger partial charge in [0.05, 0.1) is 10.6 Å². The van der Waals surface area contributed by atoms with Crippen molar-refractivity contribution in [2.75, 3.05) is 5.32 Å². The van der Waals surface area contributed by atoms with E-state index in [0.717, 1.165) is 11.3 Å². The third-order valence-electron chi connectivity index (χ3n) is 2.94. The number of benzene rings is 1. The molecule has 6 nitrogen and oxygen atoms in total. The fraction of sp³-hybridized carbons (Fsp3) is 0.0714. The summed E-state index contributed by atoms with van der Waals surface area (Å²) in [7, 11) is -3.85. The first-order valence-corrected chi connectivity index (χ1v) is 9.95. The van der Waals surface area contributed by atoms with Crippen LogP contribution in [0, 0.1) is 5.82 Å². The highest BCUT2D eigenvalue weighted by Crippen LogP contribution is 2.25. The third kappa shape index (κ3) is 3.66. The Kier molecular flexibility index (Phi) is 4.69. The van der Waals surface area contributed by atoms with E-state index >= 15 is 0 Å². The van der Waals surface area contributed by atoms with Gasteiger partial charge in [-0.3, -0.25) is 10.1 Å². The summed E-state index contributed by atoms with van der Waals surface area (Å²) in [5, 5.41) is 11.6. The van der Waals surface area contributed by atoms with Gasteiger partial charge in [-0.25, -0.2) is 12.8 Å². The number of sulfone groups is 1. The van der Waals surface area contributed by atoms with E-state index < -0.39 is 21.4 Å². The van der Waals surface area contributed by atoms with Crippen LogP contribution >= 0.6 is 22.7 Å². The number of carbonyl (C=O) groups excluding carboxylic acids is 1. The van der Waals surface area contributed by atoms with Crippen LogP contribution in [0.25, 0.3) is 0 Å². The van der Waals surface area contributed by atoms with Crippen molar-refractivity contribution in [3.8, 4) is 0 Å². The molecule has 2 heterocycles. The standard InChI is InChI=1S/C14H10FN3O3S3/c15-10-5-2-1-4-9(10)8-24(20,21)14-18-17-13(23-14)16-12(19)11-6-3-7-22-11/h1-7H,8H2,(H,16,17,19). The van der Waals surface area contributed by atoms with E-state index in [0.29, 0.717) is 4.88 Å². The molecule has 0 fully saturated rings. The molecule has 3 aromatic rings. The van der Waals surface area contributed by atoms with Gasteiger partial charge in [-0.1, -0.05) is 35.6 Å². The number of hydrogen-bond acceptors (Lipinski definition) is 7. The van der Waals surface area contributed by atoms with Crippen molar-refractivity contribution >= 4 is 43.5 Å². The molecule has 3 rings (SSSR count). The fourth-order valence-electron chi connectivity index (χ4n) is 1.83. The number of nitrogens with one attached hydrogen (secondary N) is 1. The number of hydrogen-bond donors (Lipinski definition) is 1. The van der Waals surface area contributed by atoms with Gasteiger partial charge in [0.2, 0.25) is 19.3 Å². The van der Waals surface area contributed by atoms with Crippen molar-refractivity contribution in [1.82, 2.24) is 10.2 Å². The Labute approximate surface area is 144 Å². The maximum absolute atomic E-state index is 13.6. The number of rotatable bonds is 5. The highest BCUT2D eigenvalue weighted by molar-refractivity contribution is 7.92. The Bertz CT molecular complexity index is 968. The summed E-state index contributed by atoms with van der Waals surface area (Å²) in [5.74, 6) is -1.51. The van der Waals surface area contributed by atoms with Crippen molar-refractivity contribution in [2.24, 2.45) is 0 Å². The van der Waals surface area contributed by atoms with Gasteiger partial charge in [-0.05, 0) is 17.5 Å². The summed E-state index contributed by atoms with van der Waals surface area (Å²) in [6.07, 6.45) is 0. The van der Waals surface area contributed by atoms with Gasteiger partial charge in [0.15, 0.2) is 0 Å². The Morgan fingerprint density at radius 2 is 1.96 bits per heavy atom. The molecule has 0 saturated carbocycles. The van der Waals surface area contributed by atoms with Crippen LogP contribution in [-0.4, -0.2) is 24.5 Å². The van der Waals surface area contributed by atoms with E-state index in [2.05, 4.69) is 15.5 Å². The van der Waals surface area contributed by atoms with E-state index in [1.165, 1.54) is 29.5 Å². The molecule has 1 aromatic carbocycles. The zero-order valence-corrected chi connectivity index (χ0v) is 14.4. The largest absolute Gasteiger partial charge is 0.296 e. The van der Waals surface area contributed by atoms with Gasteiger partial charge in [-0.15, -0.1) is 21.5 Å². The minimum atomic E-state index is -3.85. The maximum Gasteiger partial charge on any atom is 0.267 e. The fourth-order valence-corrected chi connectivity index (χ4v) is 4.78. The second-order valence-corrected chi connectivity index (χ2v) is 8.74. The van der Waals surface area contributed by atoms with Crippen LogP contribution in [0.3, 0.4) is 0 Å². The first-order valence-electron chi connectivity index (χ1n) is 6.60. The third-order valence-corrected chi connectivity index (χ3v) is 6.76. The number of halogens is 1. The second kappa shape index (κ2) is 6.75. The lowest BCUT2D eigenvalue weighted by Gasteiger charge is -2.02. The van der Waals surface area contributed by atoms with Crippen molar-refractivity contribution in [3.63, 3.8) is 0 Å². The SMILES string of the molecule is O=C(Nc1nnc(S(=O)(=O)Cc2ccccc2F)s1)c1cccs1. The van der Waals surface area contributed by atoms with Crippen LogP contribution < -0.4 is 5.32 Å². The molecule has 1 N–H and O–H groups in total. The molecule has 0 spiro atoms. The number of amides is 1. The molecule has 0 radical (unpaired) electrons. The number of anilines is 1. The highest BCUT2D eigenvalue weighted by Gasteiger charge is 2.23. The topological polar surface area (TPSA) is 89.0 Å². The monoisotopic (exact) mass is 383 g/mol. The molecule has 0 unspecified atom stereocenters. The summed E-state index contributed by atoms with van der Waals surface area (Å²) < 4.78 is 38.0. The normalized spacial score (nSPS) is 11.4. The van der Waals surface area contributed by atoms with E-state index in [-0.39, 0.29) is 20.9 Å². The van der Waals surface area contributed by atoms with Gasteiger partial charge < -0.3 is 0 Å². The summed E-state index contributed by atoms with van der Waals surface area (Å²) >= 11 is 1.98. The highest BCUT2D eigenvalue weighted by atomic mass is 32.2. The molecule has 124 valence electrons. The van der Waals surface area contributed by atoms with E-state index in [1.54, 1.807) is 23.6 Å². The zero-order valence-electron chi connectivity index (χ0n) is 12.0. The lowest BCUT2D eigenvalue weighted by atomic mass is 10.2. The predicted molar refractivity (Wildman–Crippen MR) is 89.5 cm³/mol. The zero-order chi connectivity index (χ0) is 17.2. The minimum absolute atomic E-state index is 0.0527. The smallest absolute Gasteiger partial charge is 0.267 e. The summed E-state index contributed by atoms with van der Waals surface area (Å²) in [6.45, 7) is 0. The molecule has 0 atom stereocenters. The van der Waals surface area contributed by atoms with Gasteiger partial charge in [0, 0.05) is 5.56 Å². The van der Waals surface area contributed by atoms with Crippen molar-refractivity contribution in [3.05, 3.63) is 58.0 Å². The van der Waals surface area contributed by atoms with Gasteiger partial charge in [0.1, 0.15) is 5.82 Å². The second-order valence-electron chi connectivity index (χ2n) is 4.66. The lowest BCUT2D eigenvalue weighted by Crippen LogP contribution is -2.09. The quantitative estimate of drug-likeness (QED) is 0.684. The molecule has 24 heavy (non-hydrogen) atoms. The summed E-state index contributed by atoms with van der Waals surface area (Å²) in [4.78, 5) is 12.4. The molecule has 2 aromatic heterocycles. The molecule has 0 saturated heterocycles. The molecule has 0 aliphatic rings. The number of aromatic nitrogens is 2. The van der Waals surface area contributed by atoms with Crippen LogP contribution in [-0.2, 0) is 15.6 Å². The Morgan fingerprint density at radius 3 is 2.67 bits per heavy atom. The molecule has 0 bridgehead atoms. The number of nitrogens with zero attached hydrogens (tertiary/aromatic N) is 2. The van der Waals surface area contributed by atoms with E-state index in [1.807, 2.05) is 0 Å². The number of thiophene rings is 1. The molecular formula is C14H10FN3O3S3. The summed E-state index contributed by atoms with van der Waals surface area (Å²) in [6, 6.07) is 8.99. The Balaban J connectivity index is 1.77. The molecule has 0 aliphatic heterocycles.